The molecule has 3 heterocycles. The number of carbonyl (C=O) groups is 2. The maximum atomic E-state index is 12.9. The van der Waals surface area contributed by atoms with Gasteiger partial charge in [0.15, 0.2) is 5.76 Å². The lowest BCUT2D eigenvalue weighted by Crippen LogP contribution is -2.19. The molecule has 8 nitrogen and oxygen atoms in total. The third-order valence-corrected chi connectivity index (χ3v) is 5.05. The number of fused-ring (bicyclic) bond motifs is 2. The molecule has 1 aliphatic heterocycles. The number of H-pyrrole nitrogens is 1. The van der Waals surface area contributed by atoms with E-state index in [4.69, 9.17) is 9.47 Å². The number of anilines is 2. The third-order valence-electron chi connectivity index (χ3n) is 5.05. The van der Waals surface area contributed by atoms with Crippen LogP contribution in [0.15, 0.2) is 72.9 Å². The number of aromatic nitrogens is 2. The standard InChI is InChI=1S/C24H18N4O4/c1-31-17-5-6-20-18(11-17)14(12-26-20)9-22-23(29)19-10-15(4-7-21(19)32-22)27-24(30)28-16-3-2-8-25-13-16/h2-13,26H,1H3,(H2,27,28,30). The number of ether oxygens (including phenoxy) is 2. The van der Waals surface area contributed by atoms with Gasteiger partial charge in [0, 0.05) is 34.5 Å². The molecule has 1 aliphatic rings. The molecule has 2 aromatic heterocycles. The summed E-state index contributed by atoms with van der Waals surface area (Å²) in [5.41, 5.74) is 3.15. The van der Waals surface area contributed by atoms with Crippen LogP contribution in [-0.4, -0.2) is 28.9 Å². The van der Waals surface area contributed by atoms with Crippen LogP contribution < -0.4 is 20.1 Å². The summed E-state index contributed by atoms with van der Waals surface area (Å²) in [6.07, 6.45) is 6.67. The van der Waals surface area contributed by atoms with Crippen LogP contribution in [0.25, 0.3) is 17.0 Å². The van der Waals surface area contributed by atoms with E-state index < -0.39 is 6.03 Å². The Morgan fingerprint density at radius 2 is 2.00 bits per heavy atom. The first-order valence-corrected chi connectivity index (χ1v) is 9.82. The van der Waals surface area contributed by atoms with Crippen molar-refractivity contribution in [1.29, 1.82) is 0 Å². The van der Waals surface area contributed by atoms with Crippen LogP contribution in [0.3, 0.4) is 0 Å². The number of urea groups is 1. The first kappa shape index (κ1) is 19.4. The Labute approximate surface area is 182 Å². The van der Waals surface area contributed by atoms with Gasteiger partial charge in [-0.3, -0.25) is 9.78 Å². The topological polar surface area (TPSA) is 105 Å². The number of ketones is 1. The van der Waals surface area contributed by atoms with Gasteiger partial charge in [-0.15, -0.1) is 0 Å². The van der Waals surface area contributed by atoms with Gasteiger partial charge in [-0.25, -0.2) is 4.79 Å². The largest absolute Gasteiger partial charge is 0.497 e. The molecule has 32 heavy (non-hydrogen) atoms. The van der Waals surface area contributed by atoms with E-state index in [2.05, 4.69) is 20.6 Å². The van der Waals surface area contributed by atoms with Gasteiger partial charge < -0.3 is 25.1 Å². The van der Waals surface area contributed by atoms with Gasteiger partial charge in [-0.1, -0.05) is 0 Å². The number of Topliss-reactive ketones (excluding diaryl/α,β-unsaturated/α-hetero) is 1. The number of amides is 2. The normalized spacial score (nSPS) is 13.7. The van der Waals surface area contributed by atoms with Crippen molar-refractivity contribution in [3.63, 3.8) is 0 Å². The van der Waals surface area contributed by atoms with Crippen molar-refractivity contribution >= 4 is 40.2 Å². The van der Waals surface area contributed by atoms with Gasteiger partial charge in [-0.05, 0) is 54.6 Å². The minimum atomic E-state index is -0.437. The number of hydrogen-bond acceptors (Lipinski definition) is 5. The van der Waals surface area contributed by atoms with Gasteiger partial charge in [-0.2, -0.15) is 0 Å². The number of hydrogen-bond donors (Lipinski definition) is 3. The zero-order valence-electron chi connectivity index (χ0n) is 17.0. The summed E-state index contributed by atoms with van der Waals surface area (Å²) in [5, 5.41) is 6.31. The molecular formula is C24H18N4O4. The molecule has 3 N–H and O–H groups in total. The van der Waals surface area contributed by atoms with Crippen molar-refractivity contribution in [1.82, 2.24) is 9.97 Å². The van der Waals surface area contributed by atoms with Crippen LogP contribution >= 0.6 is 0 Å². The Kier molecular flexibility index (Phi) is 4.79. The van der Waals surface area contributed by atoms with E-state index in [0.717, 1.165) is 22.2 Å². The monoisotopic (exact) mass is 426 g/mol. The number of rotatable bonds is 4. The Morgan fingerprint density at radius 1 is 1.12 bits per heavy atom. The summed E-state index contributed by atoms with van der Waals surface area (Å²) in [5.74, 6) is 1.12. The van der Waals surface area contributed by atoms with Crippen molar-refractivity contribution in [2.45, 2.75) is 0 Å². The second kappa shape index (κ2) is 7.92. The number of nitrogens with one attached hydrogen (secondary N) is 3. The highest BCUT2D eigenvalue weighted by molar-refractivity contribution is 6.16. The Morgan fingerprint density at radius 3 is 2.81 bits per heavy atom. The quantitative estimate of drug-likeness (QED) is 0.405. The number of carbonyl (C=O) groups excluding carboxylic acids is 2. The van der Waals surface area contributed by atoms with Crippen molar-refractivity contribution in [2.24, 2.45) is 0 Å². The minimum absolute atomic E-state index is 0.209. The van der Waals surface area contributed by atoms with Gasteiger partial charge in [0.25, 0.3) is 0 Å². The third kappa shape index (κ3) is 3.65. The van der Waals surface area contributed by atoms with E-state index in [1.54, 1.807) is 49.7 Å². The maximum absolute atomic E-state index is 12.9. The van der Waals surface area contributed by atoms with Crippen LogP contribution in [0.1, 0.15) is 15.9 Å². The van der Waals surface area contributed by atoms with Crippen molar-refractivity contribution < 1.29 is 19.1 Å². The highest BCUT2D eigenvalue weighted by Gasteiger charge is 2.28. The number of methoxy groups -OCH3 is 1. The SMILES string of the molecule is COc1ccc2[nH]cc(C=C3Oc4ccc(NC(=O)Nc5cccnc5)cc4C3=O)c2c1. The Balaban J connectivity index is 1.37. The number of aromatic amines is 1. The molecule has 0 spiro atoms. The average Bonchev–Trinajstić information content (AvgIpc) is 3.35. The van der Waals surface area contributed by atoms with E-state index in [0.29, 0.717) is 22.7 Å². The number of pyridine rings is 1. The van der Waals surface area contributed by atoms with E-state index in [1.165, 1.54) is 6.20 Å². The summed E-state index contributed by atoms with van der Waals surface area (Å²) in [7, 11) is 1.61. The van der Waals surface area contributed by atoms with Crippen LogP contribution in [0.2, 0.25) is 0 Å². The summed E-state index contributed by atoms with van der Waals surface area (Å²) in [6, 6.07) is 13.6. The number of benzene rings is 2. The summed E-state index contributed by atoms with van der Waals surface area (Å²) >= 11 is 0. The summed E-state index contributed by atoms with van der Waals surface area (Å²) in [4.78, 5) is 32.3. The molecule has 0 saturated carbocycles. The van der Waals surface area contributed by atoms with E-state index in [9.17, 15) is 9.59 Å². The average molecular weight is 426 g/mol. The fourth-order valence-corrected chi connectivity index (χ4v) is 3.51. The Bertz CT molecular complexity index is 1380. The van der Waals surface area contributed by atoms with Crippen LogP contribution in [0.5, 0.6) is 11.5 Å². The molecule has 0 unspecified atom stereocenters. The van der Waals surface area contributed by atoms with Crippen LogP contribution in [0, 0.1) is 0 Å². The second-order valence-electron chi connectivity index (χ2n) is 7.13. The molecule has 8 heteroatoms. The first-order valence-electron chi connectivity index (χ1n) is 9.82. The van der Waals surface area contributed by atoms with Crippen molar-refractivity contribution in [3.8, 4) is 11.5 Å². The van der Waals surface area contributed by atoms with Gasteiger partial charge in [0.05, 0.1) is 24.6 Å². The molecule has 0 atom stereocenters. The molecule has 0 saturated heterocycles. The Hall–Kier alpha value is -4.59. The zero-order chi connectivity index (χ0) is 22.1. The molecule has 158 valence electrons. The van der Waals surface area contributed by atoms with Crippen LogP contribution in [0.4, 0.5) is 16.2 Å². The highest BCUT2D eigenvalue weighted by Crippen LogP contribution is 2.35. The number of nitrogens with zero attached hydrogens (tertiary/aromatic N) is 1. The molecule has 0 bridgehead atoms. The molecule has 4 aromatic rings. The summed E-state index contributed by atoms with van der Waals surface area (Å²) in [6.45, 7) is 0. The van der Waals surface area contributed by atoms with Crippen LogP contribution in [-0.2, 0) is 0 Å². The molecule has 5 rings (SSSR count). The van der Waals surface area contributed by atoms with E-state index in [1.807, 2.05) is 24.4 Å². The molecule has 0 radical (unpaired) electrons. The smallest absolute Gasteiger partial charge is 0.323 e. The lowest BCUT2D eigenvalue weighted by atomic mass is 10.1. The lowest BCUT2D eigenvalue weighted by Gasteiger charge is -2.07. The highest BCUT2D eigenvalue weighted by atomic mass is 16.5. The number of allylic oxidation sites excluding steroid dienone is 1. The van der Waals surface area contributed by atoms with Gasteiger partial charge >= 0.3 is 6.03 Å². The zero-order valence-corrected chi connectivity index (χ0v) is 17.0. The fraction of sp³-hybridized carbons (Fsp3) is 0.0417. The predicted molar refractivity (Wildman–Crippen MR) is 121 cm³/mol. The molecule has 0 fully saturated rings. The second-order valence-corrected chi connectivity index (χ2v) is 7.13. The molecule has 0 aliphatic carbocycles. The fourth-order valence-electron chi connectivity index (χ4n) is 3.51. The van der Waals surface area contributed by atoms with Crippen molar-refractivity contribution in [2.75, 3.05) is 17.7 Å². The van der Waals surface area contributed by atoms with Gasteiger partial charge in [0.1, 0.15) is 11.5 Å². The minimum Gasteiger partial charge on any atom is -0.497 e. The lowest BCUT2D eigenvalue weighted by molar-refractivity contribution is 0.101. The van der Waals surface area contributed by atoms with E-state index >= 15 is 0 Å². The van der Waals surface area contributed by atoms with E-state index in [-0.39, 0.29) is 11.5 Å². The molecule has 2 amide bonds. The molecular weight excluding hydrogens is 408 g/mol. The predicted octanol–water partition coefficient (Wildman–Crippen LogP) is 4.83. The summed E-state index contributed by atoms with van der Waals surface area (Å²) < 4.78 is 11.1. The van der Waals surface area contributed by atoms with Crippen molar-refractivity contribution in [3.05, 3.63) is 84.0 Å². The molecule has 2 aromatic carbocycles. The maximum Gasteiger partial charge on any atom is 0.323 e. The first-order chi connectivity index (χ1) is 15.6. The van der Waals surface area contributed by atoms with Gasteiger partial charge in [0.2, 0.25) is 5.78 Å².